The summed E-state index contributed by atoms with van der Waals surface area (Å²) in [6.45, 7) is 3.63. The SMILES string of the molecule is CCOC(=O)C1=C(c2ccccc2)N=c2s/c(=C/c3cc(Br)c(Sc4nc(C)cc(=O)[nH]4)o3)c(=O)n2[C@@H]1c1ccc(OC)cc1. The van der Waals surface area contributed by atoms with E-state index in [1.165, 1.54) is 22.0 Å². The highest BCUT2D eigenvalue weighted by Gasteiger charge is 2.35. The third-order valence-electron chi connectivity index (χ3n) is 6.79. The molecule has 0 aliphatic carbocycles. The number of thiazole rings is 1. The molecule has 1 N–H and O–H groups in total. The van der Waals surface area contributed by atoms with Crippen molar-refractivity contribution < 1.29 is 18.7 Å². The molecule has 4 heterocycles. The molecule has 2 aromatic carbocycles. The number of hydrogen-bond acceptors (Lipinski definition) is 10. The highest BCUT2D eigenvalue weighted by molar-refractivity contribution is 9.10. The van der Waals surface area contributed by atoms with Gasteiger partial charge in [0.2, 0.25) is 0 Å². The smallest absolute Gasteiger partial charge is 0.338 e. The van der Waals surface area contributed by atoms with Gasteiger partial charge in [0, 0.05) is 23.4 Å². The quantitative estimate of drug-likeness (QED) is 0.180. The number of benzene rings is 2. The fourth-order valence-corrected chi connectivity index (χ4v) is 7.21. The van der Waals surface area contributed by atoms with Gasteiger partial charge >= 0.3 is 5.97 Å². The van der Waals surface area contributed by atoms with Crippen molar-refractivity contribution in [2.45, 2.75) is 30.1 Å². The van der Waals surface area contributed by atoms with Gasteiger partial charge in [-0.25, -0.2) is 14.8 Å². The van der Waals surface area contributed by atoms with Crippen molar-refractivity contribution in [3.05, 3.63) is 129 Å². The normalized spacial score (nSPS) is 14.7. The van der Waals surface area contributed by atoms with Crippen LogP contribution in [-0.4, -0.2) is 34.2 Å². The number of hydrogen-bond donors (Lipinski definition) is 1. The Morgan fingerprint density at radius 2 is 1.91 bits per heavy atom. The highest BCUT2D eigenvalue weighted by Crippen LogP contribution is 2.36. The largest absolute Gasteiger partial charge is 0.497 e. The Morgan fingerprint density at radius 3 is 2.60 bits per heavy atom. The number of esters is 1. The summed E-state index contributed by atoms with van der Waals surface area (Å²) in [6, 6.07) is 18.9. The molecular weight excluding hydrogens is 680 g/mol. The molecule has 10 nitrogen and oxygen atoms in total. The molecule has 1 atom stereocenters. The lowest BCUT2D eigenvalue weighted by Gasteiger charge is -2.26. The van der Waals surface area contributed by atoms with Crippen LogP contribution in [0.25, 0.3) is 11.8 Å². The topological polar surface area (TPSA) is 129 Å². The average Bonchev–Trinajstić information content (AvgIpc) is 3.53. The number of nitrogens with zero attached hydrogens (tertiary/aromatic N) is 3. The van der Waals surface area contributed by atoms with E-state index in [0.717, 1.165) is 17.3 Å². The minimum absolute atomic E-state index is 0.157. The maximum Gasteiger partial charge on any atom is 0.338 e. The fourth-order valence-electron chi connectivity index (χ4n) is 4.87. The van der Waals surface area contributed by atoms with E-state index in [1.54, 1.807) is 45.2 Å². The van der Waals surface area contributed by atoms with E-state index in [-0.39, 0.29) is 23.3 Å². The van der Waals surface area contributed by atoms with E-state index in [4.69, 9.17) is 18.9 Å². The number of aryl methyl sites for hydroxylation is 1. The Kier molecular flexibility index (Phi) is 8.74. The van der Waals surface area contributed by atoms with Crippen molar-refractivity contribution >= 4 is 56.8 Å². The monoisotopic (exact) mass is 704 g/mol. The van der Waals surface area contributed by atoms with E-state index in [2.05, 4.69) is 25.9 Å². The van der Waals surface area contributed by atoms with Crippen LogP contribution in [0.3, 0.4) is 0 Å². The summed E-state index contributed by atoms with van der Waals surface area (Å²) in [5.74, 6) is 0.478. The second-order valence-corrected chi connectivity index (χ2v) is 12.6. The van der Waals surface area contributed by atoms with Gasteiger partial charge in [0.15, 0.2) is 15.1 Å². The van der Waals surface area contributed by atoms with Crippen molar-refractivity contribution in [1.82, 2.24) is 14.5 Å². The maximum atomic E-state index is 14.1. The van der Waals surface area contributed by atoms with Gasteiger partial charge < -0.3 is 18.9 Å². The van der Waals surface area contributed by atoms with E-state index >= 15 is 0 Å². The molecule has 6 rings (SSSR count). The van der Waals surface area contributed by atoms with Crippen LogP contribution < -0.4 is 25.2 Å². The summed E-state index contributed by atoms with van der Waals surface area (Å²) in [6.07, 6.45) is 1.63. The Labute approximate surface area is 272 Å². The van der Waals surface area contributed by atoms with Crippen LogP contribution in [0.5, 0.6) is 5.75 Å². The lowest BCUT2D eigenvalue weighted by molar-refractivity contribution is -0.138. The predicted octanol–water partition coefficient (Wildman–Crippen LogP) is 4.84. The first-order valence-electron chi connectivity index (χ1n) is 13.7. The molecule has 0 saturated carbocycles. The Balaban J connectivity index is 1.52. The molecule has 0 saturated heterocycles. The molecule has 0 unspecified atom stereocenters. The molecule has 1 aliphatic heterocycles. The first-order valence-corrected chi connectivity index (χ1v) is 16.2. The summed E-state index contributed by atoms with van der Waals surface area (Å²) in [5, 5.41) is 0.829. The third-order valence-corrected chi connectivity index (χ3v) is 9.50. The van der Waals surface area contributed by atoms with Crippen LogP contribution in [0.1, 0.15) is 35.5 Å². The minimum atomic E-state index is -0.817. The van der Waals surface area contributed by atoms with Crippen LogP contribution in [0, 0.1) is 6.92 Å². The lowest BCUT2D eigenvalue weighted by Crippen LogP contribution is -2.40. The second-order valence-electron chi connectivity index (χ2n) is 9.78. The molecule has 0 amide bonds. The molecular formula is C32H25BrN4O6S2. The molecule has 0 fully saturated rings. The van der Waals surface area contributed by atoms with Gasteiger partial charge in [-0.05, 0) is 65.3 Å². The van der Waals surface area contributed by atoms with Gasteiger partial charge in [0.25, 0.3) is 11.1 Å². The van der Waals surface area contributed by atoms with Crippen molar-refractivity contribution in [2.75, 3.05) is 13.7 Å². The second kappa shape index (κ2) is 12.9. The number of rotatable bonds is 8. The number of aromatic amines is 1. The van der Waals surface area contributed by atoms with Gasteiger partial charge in [-0.3, -0.25) is 14.2 Å². The van der Waals surface area contributed by atoms with Crippen molar-refractivity contribution in [2.24, 2.45) is 4.99 Å². The molecule has 228 valence electrons. The number of halogens is 1. The number of furan rings is 1. The zero-order valence-electron chi connectivity index (χ0n) is 24.2. The van der Waals surface area contributed by atoms with Crippen LogP contribution in [0.15, 0.2) is 106 Å². The minimum Gasteiger partial charge on any atom is -0.497 e. The summed E-state index contributed by atoms with van der Waals surface area (Å²) < 4.78 is 19.4. The molecule has 1 aliphatic rings. The molecule has 13 heteroatoms. The average molecular weight is 706 g/mol. The zero-order valence-corrected chi connectivity index (χ0v) is 27.4. The molecule has 0 bridgehead atoms. The van der Waals surface area contributed by atoms with Crippen molar-refractivity contribution in [3.63, 3.8) is 0 Å². The van der Waals surface area contributed by atoms with E-state index in [9.17, 15) is 14.4 Å². The predicted molar refractivity (Wildman–Crippen MR) is 174 cm³/mol. The van der Waals surface area contributed by atoms with Gasteiger partial charge in [0.05, 0.1) is 40.0 Å². The summed E-state index contributed by atoms with van der Waals surface area (Å²) in [4.78, 5) is 51.9. The van der Waals surface area contributed by atoms with Gasteiger partial charge in [-0.2, -0.15) is 0 Å². The van der Waals surface area contributed by atoms with Gasteiger partial charge in [0.1, 0.15) is 11.5 Å². The van der Waals surface area contributed by atoms with Crippen molar-refractivity contribution in [1.29, 1.82) is 0 Å². The number of fused-ring (bicyclic) bond motifs is 1. The third kappa shape index (κ3) is 6.23. The van der Waals surface area contributed by atoms with Crippen LogP contribution in [0.2, 0.25) is 0 Å². The molecule has 5 aromatic rings. The van der Waals surface area contributed by atoms with Gasteiger partial charge in [-0.1, -0.05) is 53.8 Å². The molecule has 45 heavy (non-hydrogen) atoms. The Morgan fingerprint density at radius 1 is 1.16 bits per heavy atom. The molecule has 3 aromatic heterocycles. The summed E-state index contributed by atoms with van der Waals surface area (Å²) in [7, 11) is 1.57. The fraction of sp³-hybridized carbons (Fsp3) is 0.156. The number of H-pyrrole nitrogens is 1. The lowest BCUT2D eigenvalue weighted by atomic mass is 9.93. The van der Waals surface area contributed by atoms with E-state index in [1.807, 2.05) is 42.5 Å². The molecule has 0 spiro atoms. The summed E-state index contributed by atoms with van der Waals surface area (Å²) in [5.41, 5.74) is 2.06. The van der Waals surface area contributed by atoms with Gasteiger partial charge in [-0.15, -0.1) is 0 Å². The first-order chi connectivity index (χ1) is 21.7. The standard InChI is InChI=1S/C32H25BrN4O6S2/c1-4-42-29(40)25-26(18-8-6-5-7-9-18)36-32-37(27(25)19-10-12-20(41-3)13-11-19)28(39)23(44-32)16-21-15-22(33)30(43-21)45-31-34-17(2)14-24(38)35-31/h5-16,27H,4H2,1-3H3,(H,34,35,38)/b23-16+/t27-/m1/s1. The highest BCUT2D eigenvalue weighted by atomic mass is 79.9. The number of carbonyl (C=O) groups excluding carboxylic acids is 1. The van der Waals surface area contributed by atoms with Crippen LogP contribution in [-0.2, 0) is 9.53 Å². The van der Waals surface area contributed by atoms with E-state index < -0.39 is 12.0 Å². The number of nitrogens with one attached hydrogen (secondary N) is 1. The summed E-state index contributed by atoms with van der Waals surface area (Å²) >= 11 is 5.84. The number of ether oxygens (including phenoxy) is 2. The molecule has 0 radical (unpaired) electrons. The number of aromatic nitrogens is 3. The van der Waals surface area contributed by atoms with Crippen LogP contribution in [0.4, 0.5) is 0 Å². The Hall–Kier alpha value is -4.46. The number of methoxy groups -OCH3 is 1. The first kappa shape index (κ1) is 30.6. The zero-order chi connectivity index (χ0) is 31.7. The van der Waals surface area contributed by atoms with Crippen LogP contribution >= 0.6 is 39.0 Å². The number of carbonyl (C=O) groups is 1. The van der Waals surface area contributed by atoms with Crippen molar-refractivity contribution in [3.8, 4) is 5.75 Å². The van der Waals surface area contributed by atoms with E-state index in [0.29, 0.717) is 52.5 Å². The Bertz CT molecular complexity index is 2180. The maximum absolute atomic E-state index is 14.1.